The number of carbonyl (C=O) groups is 2. The Balaban J connectivity index is 2.50. The molecule has 2 rings (SSSR count). The second-order valence-corrected chi connectivity index (χ2v) is 6.98. The van der Waals surface area contributed by atoms with Gasteiger partial charge in [0.05, 0.1) is 11.1 Å². The maximum atomic E-state index is 12.7. The van der Waals surface area contributed by atoms with Crippen molar-refractivity contribution in [3.05, 3.63) is 35.9 Å². The van der Waals surface area contributed by atoms with Crippen LogP contribution in [0.4, 0.5) is 5.69 Å². The van der Waals surface area contributed by atoms with Crippen LogP contribution in [-0.4, -0.2) is 29.7 Å². The smallest absolute Gasteiger partial charge is 0.268 e. The summed E-state index contributed by atoms with van der Waals surface area (Å²) in [6.45, 7) is 11.7. The van der Waals surface area contributed by atoms with E-state index in [1.807, 2.05) is 20.8 Å². The molecule has 0 aromatic heterocycles. The van der Waals surface area contributed by atoms with Crippen molar-refractivity contribution in [2.24, 2.45) is 5.92 Å². The maximum absolute atomic E-state index is 12.7. The molecule has 1 heterocycles. The number of Topliss-reactive ketones (excluding diaryl/α,β-unsaturated/α-hetero) is 1. The highest BCUT2D eigenvalue weighted by Gasteiger charge is 2.36. The van der Waals surface area contributed by atoms with E-state index in [0.29, 0.717) is 23.5 Å². The molecule has 0 fully saturated rings. The minimum Gasteiger partial charge on any atom is -0.478 e. The molecule has 0 aliphatic carbocycles. The Morgan fingerprint density at radius 1 is 1.39 bits per heavy atom. The van der Waals surface area contributed by atoms with Crippen LogP contribution in [0, 0.1) is 5.92 Å². The molecular weight excluding hydrogens is 314 g/mol. The SMILES string of the molecule is C=C(C)CN1C(=O)C(C(C)C)Oc2ccc(C(=O)C(C)Cl)cc21. The fourth-order valence-corrected chi connectivity index (χ4v) is 2.65. The van der Waals surface area contributed by atoms with E-state index in [0.717, 1.165) is 5.57 Å². The number of ketones is 1. The quantitative estimate of drug-likeness (QED) is 0.467. The topological polar surface area (TPSA) is 46.6 Å². The summed E-state index contributed by atoms with van der Waals surface area (Å²) in [5.74, 6) is 0.359. The van der Waals surface area contributed by atoms with Crippen molar-refractivity contribution < 1.29 is 14.3 Å². The van der Waals surface area contributed by atoms with E-state index in [2.05, 4.69) is 6.58 Å². The molecule has 5 heteroatoms. The van der Waals surface area contributed by atoms with Crippen LogP contribution in [0.2, 0.25) is 0 Å². The maximum Gasteiger partial charge on any atom is 0.268 e. The molecular formula is C18H22ClNO3. The van der Waals surface area contributed by atoms with Crippen molar-refractivity contribution in [1.29, 1.82) is 0 Å². The van der Waals surface area contributed by atoms with Crippen LogP contribution in [0.15, 0.2) is 30.4 Å². The molecule has 2 atom stereocenters. The lowest BCUT2D eigenvalue weighted by molar-refractivity contribution is -0.128. The molecule has 1 aromatic rings. The summed E-state index contributed by atoms with van der Waals surface area (Å²) in [4.78, 5) is 26.5. The molecule has 0 saturated heterocycles. The lowest BCUT2D eigenvalue weighted by atomic mass is 10.0. The summed E-state index contributed by atoms with van der Waals surface area (Å²) < 4.78 is 5.85. The second kappa shape index (κ2) is 6.75. The lowest BCUT2D eigenvalue weighted by Gasteiger charge is -2.36. The first-order valence-corrected chi connectivity index (χ1v) is 8.10. The van der Waals surface area contributed by atoms with Crippen LogP contribution in [0.3, 0.4) is 0 Å². The number of halogens is 1. The van der Waals surface area contributed by atoms with Crippen molar-refractivity contribution >= 4 is 29.0 Å². The van der Waals surface area contributed by atoms with E-state index in [-0.39, 0.29) is 17.6 Å². The van der Waals surface area contributed by atoms with Gasteiger partial charge < -0.3 is 9.64 Å². The fraction of sp³-hybridized carbons (Fsp3) is 0.444. The summed E-state index contributed by atoms with van der Waals surface area (Å²) in [5.41, 5.74) is 1.92. The van der Waals surface area contributed by atoms with E-state index in [9.17, 15) is 9.59 Å². The number of amides is 1. The third-order valence-electron chi connectivity index (χ3n) is 3.69. The first kappa shape index (κ1) is 17.5. The zero-order valence-corrected chi connectivity index (χ0v) is 14.7. The highest BCUT2D eigenvalue weighted by atomic mass is 35.5. The summed E-state index contributed by atoms with van der Waals surface area (Å²) in [7, 11) is 0. The summed E-state index contributed by atoms with van der Waals surface area (Å²) >= 11 is 5.88. The van der Waals surface area contributed by atoms with E-state index >= 15 is 0 Å². The Kier molecular flexibility index (Phi) is 5.15. The van der Waals surface area contributed by atoms with Crippen molar-refractivity contribution in [1.82, 2.24) is 0 Å². The van der Waals surface area contributed by atoms with Crippen molar-refractivity contribution in [3.63, 3.8) is 0 Å². The van der Waals surface area contributed by atoms with Gasteiger partial charge in [-0.05, 0) is 38.0 Å². The van der Waals surface area contributed by atoms with Crippen LogP contribution >= 0.6 is 11.6 Å². The van der Waals surface area contributed by atoms with Gasteiger partial charge >= 0.3 is 0 Å². The molecule has 23 heavy (non-hydrogen) atoms. The highest BCUT2D eigenvalue weighted by Crippen LogP contribution is 2.37. The van der Waals surface area contributed by atoms with E-state index < -0.39 is 11.5 Å². The normalized spacial score (nSPS) is 18.4. The number of hydrogen-bond donors (Lipinski definition) is 0. The molecule has 0 radical (unpaired) electrons. The first-order valence-electron chi connectivity index (χ1n) is 7.67. The summed E-state index contributed by atoms with van der Waals surface area (Å²) in [5, 5.41) is -0.619. The molecule has 1 amide bonds. The fourth-order valence-electron chi connectivity index (χ4n) is 2.52. The minimum atomic E-state index is -0.619. The Morgan fingerprint density at radius 2 is 2.04 bits per heavy atom. The monoisotopic (exact) mass is 335 g/mol. The highest BCUT2D eigenvalue weighted by molar-refractivity contribution is 6.33. The number of hydrogen-bond acceptors (Lipinski definition) is 3. The van der Waals surface area contributed by atoms with Crippen LogP contribution in [0.25, 0.3) is 0 Å². The minimum absolute atomic E-state index is 0.0486. The van der Waals surface area contributed by atoms with Crippen LogP contribution in [0.1, 0.15) is 38.1 Å². The van der Waals surface area contributed by atoms with Crippen molar-refractivity contribution in [2.45, 2.75) is 39.2 Å². The van der Waals surface area contributed by atoms with Gasteiger partial charge in [-0.25, -0.2) is 0 Å². The van der Waals surface area contributed by atoms with Gasteiger partial charge in [-0.1, -0.05) is 26.0 Å². The summed E-state index contributed by atoms with van der Waals surface area (Å²) in [6.07, 6.45) is -0.532. The number of ether oxygens (including phenoxy) is 1. The Hall–Kier alpha value is -1.81. The van der Waals surface area contributed by atoms with Gasteiger partial charge in [-0.2, -0.15) is 0 Å². The molecule has 0 bridgehead atoms. The number of fused-ring (bicyclic) bond motifs is 1. The number of benzene rings is 1. The number of alkyl halides is 1. The zero-order valence-electron chi connectivity index (χ0n) is 13.9. The predicted octanol–water partition coefficient (Wildman–Crippen LogP) is 3.82. The van der Waals surface area contributed by atoms with Gasteiger partial charge in [0, 0.05) is 12.1 Å². The van der Waals surface area contributed by atoms with Gasteiger partial charge in [0.2, 0.25) is 0 Å². The van der Waals surface area contributed by atoms with Crippen LogP contribution in [0.5, 0.6) is 5.75 Å². The standard InChI is InChI=1S/C18H22ClNO3/c1-10(2)9-20-14-8-13(16(21)12(5)19)6-7-15(14)23-17(11(3)4)18(20)22/h6-8,11-12,17H,1,9H2,2-5H3. The van der Waals surface area contributed by atoms with Gasteiger partial charge in [-0.15, -0.1) is 11.6 Å². The molecule has 0 spiro atoms. The Bertz CT molecular complexity index is 652. The summed E-state index contributed by atoms with van der Waals surface area (Å²) in [6, 6.07) is 5.09. The molecule has 1 aliphatic heterocycles. The molecule has 4 nitrogen and oxygen atoms in total. The average Bonchev–Trinajstić information content (AvgIpc) is 2.47. The molecule has 1 aromatic carbocycles. The van der Waals surface area contributed by atoms with Crippen LogP contribution < -0.4 is 9.64 Å². The second-order valence-electron chi connectivity index (χ2n) is 6.33. The third kappa shape index (κ3) is 3.58. The largest absolute Gasteiger partial charge is 0.478 e. The number of anilines is 1. The lowest BCUT2D eigenvalue weighted by Crippen LogP contribution is -2.48. The third-order valence-corrected chi connectivity index (χ3v) is 3.89. The van der Waals surface area contributed by atoms with Crippen molar-refractivity contribution in [3.8, 4) is 5.75 Å². The molecule has 0 saturated carbocycles. The van der Waals surface area contributed by atoms with E-state index in [1.165, 1.54) is 0 Å². The van der Waals surface area contributed by atoms with E-state index in [1.54, 1.807) is 30.0 Å². The molecule has 124 valence electrons. The van der Waals surface area contributed by atoms with Crippen LogP contribution in [-0.2, 0) is 4.79 Å². The van der Waals surface area contributed by atoms with Gasteiger partial charge in [0.1, 0.15) is 5.75 Å². The number of nitrogens with zero attached hydrogens (tertiary/aromatic N) is 1. The average molecular weight is 336 g/mol. The Morgan fingerprint density at radius 3 is 2.57 bits per heavy atom. The zero-order chi connectivity index (χ0) is 17.3. The Labute approximate surface area is 142 Å². The predicted molar refractivity (Wildman–Crippen MR) is 92.5 cm³/mol. The number of carbonyl (C=O) groups excluding carboxylic acids is 2. The van der Waals surface area contributed by atoms with Gasteiger partial charge in [-0.3, -0.25) is 9.59 Å². The number of rotatable bonds is 5. The van der Waals surface area contributed by atoms with Gasteiger partial charge in [0.15, 0.2) is 11.9 Å². The van der Waals surface area contributed by atoms with Crippen molar-refractivity contribution in [2.75, 3.05) is 11.4 Å². The molecule has 2 unspecified atom stereocenters. The van der Waals surface area contributed by atoms with Gasteiger partial charge in [0.25, 0.3) is 5.91 Å². The first-order chi connectivity index (χ1) is 10.7. The molecule has 1 aliphatic rings. The molecule has 0 N–H and O–H groups in total. The van der Waals surface area contributed by atoms with E-state index in [4.69, 9.17) is 16.3 Å².